The highest BCUT2D eigenvalue weighted by Crippen LogP contribution is 2.38. The van der Waals surface area contributed by atoms with E-state index in [1.54, 1.807) is 47.7 Å². The second-order valence-electron chi connectivity index (χ2n) is 6.13. The third-order valence-corrected chi connectivity index (χ3v) is 5.15. The highest BCUT2D eigenvalue weighted by atomic mass is 32.1. The fraction of sp³-hybridized carbons (Fsp3) is 0.130. The van der Waals surface area contributed by atoms with Gasteiger partial charge in [-0.1, -0.05) is 18.2 Å². The van der Waals surface area contributed by atoms with Crippen LogP contribution in [0.4, 0.5) is 5.69 Å². The quantitative estimate of drug-likeness (QED) is 0.539. The lowest BCUT2D eigenvalue weighted by atomic mass is 10.1. The molecule has 1 aromatic heterocycles. The number of thiophene rings is 1. The van der Waals surface area contributed by atoms with Gasteiger partial charge in [-0.2, -0.15) is 5.26 Å². The van der Waals surface area contributed by atoms with Crippen molar-refractivity contribution in [3.8, 4) is 23.3 Å². The first-order valence-corrected chi connectivity index (χ1v) is 9.84. The number of nitrogens with zero attached hydrogens (tertiary/aromatic N) is 1. The molecule has 0 bridgehead atoms. The number of nitrogens with one attached hydrogen (secondary N) is 1. The van der Waals surface area contributed by atoms with Crippen LogP contribution in [0.2, 0.25) is 0 Å². The number of rotatable bonds is 7. The van der Waals surface area contributed by atoms with Gasteiger partial charge in [0.05, 0.1) is 33.0 Å². The zero-order chi connectivity index (χ0) is 21.5. The highest BCUT2D eigenvalue weighted by Gasteiger charge is 2.17. The van der Waals surface area contributed by atoms with Crippen molar-refractivity contribution in [1.82, 2.24) is 0 Å². The van der Waals surface area contributed by atoms with Gasteiger partial charge >= 0.3 is 0 Å². The molecule has 0 atom stereocenters. The van der Waals surface area contributed by atoms with Gasteiger partial charge in [0.2, 0.25) is 5.75 Å². The molecule has 7 heteroatoms. The molecule has 1 heterocycles. The molecule has 0 saturated carbocycles. The number of allylic oxidation sites excluding steroid dienone is 1. The minimum atomic E-state index is -0.323. The number of hydrogen-bond donors (Lipinski definition) is 1. The molecule has 0 saturated heterocycles. The van der Waals surface area contributed by atoms with Gasteiger partial charge in [0.25, 0.3) is 5.91 Å². The van der Waals surface area contributed by atoms with Crippen LogP contribution in [0.5, 0.6) is 17.2 Å². The lowest BCUT2D eigenvalue weighted by Crippen LogP contribution is -2.12. The van der Waals surface area contributed by atoms with Crippen molar-refractivity contribution < 1.29 is 19.0 Å². The summed E-state index contributed by atoms with van der Waals surface area (Å²) in [4.78, 5) is 13.7. The lowest BCUT2D eigenvalue weighted by molar-refractivity contribution is 0.102. The van der Waals surface area contributed by atoms with Crippen LogP contribution in [0, 0.1) is 11.3 Å². The molecular weight excluding hydrogens is 400 g/mol. The fourth-order valence-corrected chi connectivity index (χ4v) is 3.50. The zero-order valence-corrected chi connectivity index (χ0v) is 17.6. The summed E-state index contributed by atoms with van der Waals surface area (Å²) in [5.74, 6) is 0.892. The predicted molar refractivity (Wildman–Crippen MR) is 118 cm³/mol. The van der Waals surface area contributed by atoms with Crippen molar-refractivity contribution >= 4 is 34.6 Å². The predicted octanol–water partition coefficient (Wildman–Crippen LogP) is 5.09. The second-order valence-corrected chi connectivity index (χ2v) is 7.11. The third-order valence-electron chi connectivity index (χ3n) is 4.33. The first kappa shape index (κ1) is 21.0. The van der Waals surface area contributed by atoms with Gasteiger partial charge < -0.3 is 19.5 Å². The van der Waals surface area contributed by atoms with Gasteiger partial charge in [-0.05, 0) is 47.4 Å². The molecule has 0 spiro atoms. The Balaban J connectivity index is 1.80. The largest absolute Gasteiger partial charge is 0.493 e. The molecule has 0 aliphatic carbocycles. The molecule has 0 fully saturated rings. The molecular formula is C23H20N2O4S. The van der Waals surface area contributed by atoms with E-state index in [0.717, 1.165) is 10.4 Å². The summed E-state index contributed by atoms with van der Waals surface area (Å²) in [5.41, 5.74) is 2.30. The molecule has 1 amide bonds. The smallest absolute Gasteiger partial charge is 0.255 e. The maximum atomic E-state index is 12.7. The Hall–Kier alpha value is -3.76. The molecule has 152 valence electrons. The molecule has 0 aliphatic rings. The Bertz CT molecular complexity index is 1070. The van der Waals surface area contributed by atoms with Crippen molar-refractivity contribution in [3.05, 3.63) is 69.9 Å². The molecule has 3 aromatic rings. The summed E-state index contributed by atoms with van der Waals surface area (Å²) in [5, 5.41) is 14.3. The maximum Gasteiger partial charge on any atom is 0.255 e. The monoisotopic (exact) mass is 420 g/mol. The van der Waals surface area contributed by atoms with Crippen molar-refractivity contribution in [2.24, 2.45) is 0 Å². The number of nitriles is 1. The number of anilines is 1. The molecule has 0 aliphatic heterocycles. The molecule has 0 unspecified atom stereocenters. The minimum Gasteiger partial charge on any atom is -0.493 e. The molecule has 30 heavy (non-hydrogen) atoms. The SMILES string of the molecule is COc1cc(C(=O)Nc2ccc(C(C#N)=Cc3cccs3)cc2)cc(OC)c1OC. The second kappa shape index (κ2) is 9.63. The lowest BCUT2D eigenvalue weighted by Gasteiger charge is -2.14. The molecule has 6 nitrogen and oxygen atoms in total. The summed E-state index contributed by atoms with van der Waals surface area (Å²) < 4.78 is 15.9. The van der Waals surface area contributed by atoms with Crippen LogP contribution in [0.15, 0.2) is 53.9 Å². The van der Waals surface area contributed by atoms with E-state index in [1.807, 2.05) is 23.6 Å². The van der Waals surface area contributed by atoms with E-state index >= 15 is 0 Å². The third kappa shape index (κ3) is 4.62. The molecule has 3 rings (SSSR count). The number of amides is 1. The van der Waals surface area contributed by atoms with Crippen LogP contribution >= 0.6 is 11.3 Å². The van der Waals surface area contributed by atoms with Crippen LogP contribution in [0.25, 0.3) is 11.6 Å². The van der Waals surface area contributed by atoms with Crippen LogP contribution in [0.3, 0.4) is 0 Å². The first-order chi connectivity index (χ1) is 14.6. The van der Waals surface area contributed by atoms with Crippen molar-refractivity contribution in [3.63, 3.8) is 0 Å². The number of benzene rings is 2. The molecule has 1 N–H and O–H groups in total. The Labute approximate surface area is 178 Å². The average molecular weight is 420 g/mol. The highest BCUT2D eigenvalue weighted by molar-refractivity contribution is 7.10. The number of carbonyl (C=O) groups is 1. The number of hydrogen-bond acceptors (Lipinski definition) is 6. The van der Waals surface area contributed by atoms with Crippen LogP contribution < -0.4 is 19.5 Å². The van der Waals surface area contributed by atoms with Gasteiger partial charge in [-0.15, -0.1) is 11.3 Å². The maximum absolute atomic E-state index is 12.7. The Morgan fingerprint density at radius 3 is 2.17 bits per heavy atom. The Morgan fingerprint density at radius 2 is 1.67 bits per heavy atom. The van der Waals surface area contributed by atoms with Gasteiger partial charge in [0, 0.05) is 16.1 Å². The average Bonchev–Trinajstić information content (AvgIpc) is 3.30. The Kier molecular flexibility index (Phi) is 6.73. The number of methoxy groups -OCH3 is 3. The van der Waals surface area contributed by atoms with Crippen LogP contribution in [-0.4, -0.2) is 27.2 Å². The van der Waals surface area contributed by atoms with E-state index in [1.165, 1.54) is 21.3 Å². The van der Waals surface area contributed by atoms with Crippen molar-refractivity contribution in [1.29, 1.82) is 5.26 Å². The van der Waals surface area contributed by atoms with E-state index < -0.39 is 0 Å². The minimum absolute atomic E-state index is 0.323. The van der Waals surface area contributed by atoms with Crippen LogP contribution in [-0.2, 0) is 0 Å². The van der Waals surface area contributed by atoms with E-state index in [2.05, 4.69) is 11.4 Å². The molecule has 2 aromatic carbocycles. The zero-order valence-electron chi connectivity index (χ0n) is 16.8. The number of carbonyl (C=O) groups excluding carboxylic acids is 1. The van der Waals surface area contributed by atoms with E-state index in [9.17, 15) is 10.1 Å². The van der Waals surface area contributed by atoms with Gasteiger partial charge in [-0.3, -0.25) is 4.79 Å². The Morgan fingerprint density at radius 1 is 1.00 bits per heavy atom. The standard InChI is InChI=1S/C23H20N2O4S/c1-27-20-12-16(13-21(28-2)22(20)29-3)23(26)25-18-8-6-15(7-9-18)17(14-24)11-19-5-4-10-30-19/h4-13H,1-3H3,(H,25,26). The first-order valence-electron chi connectivity index (χ1n) is 8.96. The van der Waals surface area contributed by atoms with Crippen molar-refractivity contribution in [2.45, 2.75) is 0 Å². The normalized spacial score (nSPS) is 10.8. The van der Waals surface area contributed by atoms with Gasteiger partial charge in [-0.25, -0.2) is 0 Å². The van der Waals surface area contributed by atoms with E-state index in [4.69, 9.17) is 14.2 Å². The van der Waals surface area contributed by atoms with Crippen molar-refractivity contribution in [2.75, 3.05) is 26.6 Å². The van der Waals surface area contributed by atoms with E-state index in [-0.39, 0.29) is 5.91 Å². The summed E-state index contributed by atoms with van der Waals surface area (Å²) in [6.45, 7) is 0. The topological polar surface area (TPSA) is 80.6 Å². The van der Waals surface area contributed by atoms with Gasteiger partial charge in [0.15, 0.2) is 11.5 Å². The number of ether oxygens (including phenoxy) is 3. The summed E-state index contributed by atoms with van der Waals surface area (Å²) in [7, 11) is 4.49. The summed E-state index contributed by atoms with van der Waals surface area (Å²) >= 11 is 1.57. The fourth-order valence-electron chi connectivity index (χ4n) is 2.84. The summed E-state index contributed by atoms with van der Waals surface area (Å²) in [6, 6.07) is 16.4. The van der Waals surface area contributed by atoms with Gasteiger partial charge in [0.1, 0.15) is 0 Å². The molecule has 0 radical (unpaired) electrons. The van der Waals surface area contributed by atoms with E-state index in [0.29, 0.717) is 34.1 Å². The summed E-state index contributed by atoms with van der Waals surface area (Å²) in [6.07, 6.45) is 1.84. The van der Waals surface area contributed by atoms with Crippen LogP contribution in [0.1, 0.15) is 20.8 Å².